The Kier molecular flexibility index (Phi) is 3.15. The Bertz CT molecular complexity index is 336. The second-order valence-corrected chi connectivity index (χ2v) is 5.06. The van der Waals surface area contributed by atoms with Gasteiger partial charge in [0.25, 0.3) is 0 Å². The molecule has 0 saturated heterocycles. The standard InChI is InChI=1S/C11H13BrClN/c1-14-11(7-2-3-7)9-6-8(13)4-5-10(9)12/h4-7,11,14H,2-3H2,1H3. The molecular weight excluding hydrogens is 261 g/mol. The van der Waals surface area contributed by atoms with E-state index < -0.39 is 0 Å². The average Bonchev–Trinajstić information content (AvgIpc) is 2.96. The molecule has 1 saturated carbocycles. The molecule has 2 rings (SSSR count). The van der Waals surface area contributed by atoms with Gasteiger partial charge in [0.1, 0.15) is 0 Å². The van der Waals surface area contributed by atoms with Crippen molar-refractivity contribution in [2.24, 2.45) is 5.92 Å². The second kappa shape index (κ2) is 4.21. The van der Waals surface area contributed by atoms with Crippen molar-refractivity contribution >= 4 is 27.5 Å². The largest absolute Gasteiger partial charge is 0.313 e. The highest BCUT2D eigenvalue weighted by Gasteiger charge is 2.32. The van der Waals surface area contributed by atoms with Gasteiger partial charge in [0.05, 0.1) is 0 Å². The van der Waals surface area contributed by atoms with Gasteiger partial charge in [0.15, 0.2) is 0 Å². The van der Waals surface area contributed by atoms with E-state index in [1.807, 2.05) is 25.2 Å². The SMILES string of the molecule is CNC(c1cc(Cl)ccc1Br)C1CC1. The first-order valence-electron chi connectivity index (χ1n) is 4.84. The van der Waals surface area contributed by atoms with Crippen LogP contribution in [0.4, 0.5) is 0 Å². The van der Waals surface area contributed by atoms with E-state index in [0.717, 1.165) is 15.4 Å². The lowest BCUT2D eigenvalue weighted by molar-refractivity contribution is 0.527. The second-order valence-electron chi connectivity index (χ2n) is 3.77. The van der Waals surface area contributed by atoms with E-state index in [4.69, 9.17) is 11.6 Å². The predicted octanol–water partition coefficient (Wildman–Crippen LogP) is 3.77. The number of halogens is 2. The van der Waals surface area contributed by atoms with Crippen LogP contribution in [0.3, 0.4) is 0 Å². The maximum absolute atomic E-state index is 5.99. The monoisotopic (exact) mass is 273 g/mol. The summed E-state index contributed by atoms with van der Waals surface area (Å²) in [6.45, 7) is 0. The lowest BCUT2D eigenvalue weighted by atomic mass is 10.0. The van der Waals surface area contributed by atoms with Crippen molar-refractivity contribution in [2.75, 3.05) is 7.05 Å². The Morgan fingerprint density at radius 3 is 2.79 bits per heavy atom. The smallest absolute Gasteiger partial charge is 0.0410 e. The molecule has 0 radical (unpaired) electrons. The van der Waals surface area contributed by atoms with E-state index in [1.165, 1.54) is 18.4 Å². The van der Waals surface area contributed by atoms with Crippen LogP contribution in [0.1, 0.15) is 24.4 Å². The minimum Gasteiger partial charge on any atom is -0.313 e. The van der Waals surface area contributed by atoms with Gasteiger partial charge >= 0.3 is 0 Å². The van der Waals surface area contributed by atoms with Gasteiger partial charge in [-0.1, -0.05) is 27.5 Å². The molecule has 1 fully saturated rings. The van der Waals surface area contributed by atoms with Crippen molar-refractivity contribution < 1.29 is 0 Å². The molecule has 1 aromatic rings. The van der Waals surface area contributed by atoms with E-state index in [1.54, 1.807) is 0 Å². The number of benzene rings is 1. The summed E-state index contributed by atoms with van der Waals surface area (Å²) in [5.74, 6) is 0.787. The highest BCUT2D eigenvalue weighted by Crippen LogP contribution is 2.43. The Labute approximate surface area is 98.0 Å². The molecule has 0 spiro atoms. The molecule has 0 heterocycles. The van der Waals surface area contributed by atoms with Crippen LogP contribution in [0.2, 0.25) is 5.02 Å². The fraction of sp³-hybridized carbons (Fsp3) is 0.455. The van der Waals surface area contributed by atoms with E-state index >= 15 is 0 Å². The van der Waals surface area contributed by atoms with E-state index in [-0.39, 0.29) is 0 Å². The summed E-state index contributed by atoms with van der Waals surface area (Å²) in [6, 6.07) is 6.42. The number of rotatable bonds is 3. The average molecular weight is 275 g/mol. The zero-order chi connectivity index (χ0) is 10.1. The summed E-state index contributed by atoms with van der Waals surface area (Å²) in [5, 5.41) is 4.17. The first-order chi connectivity index (χ1) is 6.72. The number of hydrogen-bond donors (Lipinski definition) is 1. The third-order valence-corrected chi connectivity index (χ3v) is 3.65. The first-order valence-corrected chi connectivity index (χ1v) is 6.01. The van der Waals surface area contributed by atoms with Gasteiger partial charge in [-0.05, 0) is 49.6 Å². The highest BCUT2D eigenvalue weighted by molar-refractivity contribution is 9.10. The summed E-state index contributed by atoms with van der Waals surface area (Å²) in [5.41, 5.74) is 1.28. The van der Waals surface area contributed by atoms with Crippen LogP contribution in [0.5, 0.6) is 0 Å². The summed E-state index contributed by atoms with van der Waals surface area (Å²) < 4.78 is 1.15. The molecule has 1 N–H and O–H groups in total. The van der Waals surface area contributed by atoms with Crippen LogP contribution in [-0.2, 0) is 0 Å². The van der Waals surface area contributed by atoms with Crippen molar-refractivity contribution in [3.63, 3.8) is 0 Å². The van der Waals surface area contributed by atoms with Gasteiger partial charge < -0.3 is 5.32 Å². The molecule has 3 heteroatoms. The first kappa shape index (κ1) is 10.5. The minimum atomic E-state index is 0.447. The number of hydrogen-bond acceptors (Lipinski definition) is 1. The normalized spacial score (nSPS) is 18.2. The molecule has 0 aromatic heterocycles. The van der Waals surface area contributed by atoms with E-state index in [2.05, 4.69) is 21.2 Å². The third kappa shape index (κ3) is 2.13. The maximum atomic E-state index is 5.99. The fourth-order valence-corrected chi connectivity index (χ4v) is 2.50. The molecule has 0 aliphatic heterocycles. The summed E-state index contributed by atoms with van der Waals surface area (Å²) in [7, 11) is 2.01. The lowest BCUT2D eigenvalue weighted by Gasteiger charge is -2.17. The van der Waals surface area contributed by atoms with Crippen LogP contribution in [-0.4, -0.2) is 7.05 Å². The van der Waals surface area contributed by atoms with Crippen LogP contribution in [0.25, 0.3) is 0 Å². The minimum absolute atomic E-state index is 0.447. The number of nitrogens with one attached hydrogen (secondary N) is 1. The van der Waals surface area contributed by atoms with E-state index in [9.17, 15) is 0 Å². The maximum Gasteiger partial charge on any atom is 0.0410 e. The molecule has 76 valence electrons. The Morgan fingerprint density at radius 1 is 1.50 bits per heavy atom. The van der Waals surface area contributed by atoms with Crippen molar-refractivity contribution in [1.29, 1.82) is 0 Å². The molecule has 1 nitrogen and oxygen atoms in total. The molecule has 0 amide bonds. The fourth-order valence-electron chi connectivity index (χ4n) is 1.83. The molecular formula is C11H13BrClN. The van der Waals surface area contributed by atoms with Gasteiger partial charge in [-0.3, -0.25) is 0 Å². The highest BCUT2D eigenvalue weighted by atomic mass is 79.9. The molecule has 1 atom stereocenters. The quantitative estimate of drug-likeness (QED) is 0.885. The topological polar surface area (TPSA) is 12.0 Å². The summed E-state index contributed by atoms with van der Waals surface area (Å²) in [4.78, 5) is 0. The summed E-state index contributed by atoms with van der Waals surface area (Å²) in [6.07, 6.45) is 2.65. The molecule has 1 unspecified atom stereocenters. The Hall–Kier alpha value is -0.0500. The van der Waals surface area contributed by atoms with Gasteiger partial charge in [0.2, 0.25) is 0 Å². The molecule has 1 aliphatic rings. The zero-order valence-electron chi connectivity index (χ0n) is 8.06. The van der Waals surface area contributed by atoms with Gasteiger partial charge in [-0.25, -0.2) is 0 Å². The lowest BCUT2D eigenvalue weighted by Crippen LogP contribution is -2.18. The Balaban J connectivity index is 2.32. The molecule has 1 aromatic carbocycles. The van der Waals surface area contributed by atoms with Gasteiger partial charge in [-0.15, -0.1) is 0 Å². The molecule has 14 heavy (non-hydrogen) atoms. The zero-order valence-corrected chi connectivity index (χ0v) is 10.4. The van der Waals surface area contributed by atoms with Crippen molar-refractivity contribution in [3.05, 3.63) is 33.3 Å². The molecule has 1 aliphatic carbocycles. The molecule has 0 bridgehead atoms. The van der Waals surface area contributed by atoms with Crippen LogP contribution in [0, 0.1) is 5.92 Å². The third-order valence-electron chi connectivity index (χ3n) is 2.70. The Morgan fingerprint density at radius 2 is 2.21 bits per heavy atom. The van der Waals surface area contributed by atoms with Crippen molar-refractivity contribution in [2.45, 2.75) is 18.9 Å². The van der Waals surface area contributed by atoms with E-state index in [0.29, 0.717) is 6.04 Å². The van der Waals surface area contributed by atoms with Crippen LogP contribution in [0.15, 0.2) is 22.7 Å². The summed E-state index contributed by atoms with van der Waals surface area (Å²) >= 11 is 9.56. The van der Waals surface area contributed by atoms with Gasteiger partial charge in [0, 0.05) is 15.5 Å². The van der Waals surface area contributed by atoms with Crippen molar-refractivity contribution in [3.8, 4) is 0 Å². The van der Waals surface area contributed by atoms with Crippen molar-refractivity contribution in [1.82, 2.24) is 5.32 Å². The van der Waals surface area contributed by atoms with Crippen LogP contribution >= 0.6 is 27.5 Å². The van der Waals surface area contributed by atoms with Crippen LogP contribution < -0.4 is 5.32 Å². The van der Waals surface area contributed by atoms with Gasteiger partial charge in [-0.2, -0.15) is 0 Å². The predicted molar refractivity (Wildman–Crippen MR) is 63.7 cm³/mol.